The molecule has 21 heavy (non-hydrogen) atoms. The second-order valence-corrected chi connectivity index (χ2v) is 7.03. The Morgan fingerprint density at radius 1 is 1.24 bits per heavy atom. The summed E-state index contributed by atoms with van der Waals surface area (Å²) < 4.78 is 2.07. The maximum atomic E-state index is 10.3. The van der Waals surface area contributed by atoms with E-state index in [1.54, 1.807) is 0 Å². The van der Waals surface area contributed by atoms with Gasteiger partial charge in [0.05, 0.1) is 6.10 Å². The van der Waals surface area contributed by atoms with E-state index >= 15 is 0 Å². The average Bonchev–Trinajstić information content (AvgIpc) is 2.78. The van der Waals surface area contributed by atoms with Gasteiger partial charge in [0.25, 0.3) is 0 Å². The molecule has 0 radical (unpaired) electrons. The number of aryl methyl sites for hydroxylation is 1. The Morgan fingerprint density at radius 3 is 2.62 bits per heavy atom. The summed E-state index contributed by atoms with van der Waals surface area (Å²) in [5.74, 6) is 2.37. The van der Waals surface area contributed by atoms with Crippen molar-refractivity contribution in [1.82, 2.24) is 20.1 Å². The van der Waals surface area contributed by atoms with Gasteiger partial charge in [-0.2, -0.15) is 5.10 Å². The number of nitrogens with one attached hydrogen (secondary N) is 1. The normalized spacial score (nSPS) is 30.6. The first kappa shape index (κ1) is 15.0. The van der Waals surface area contributed by atoms with Crippen LogP contribution in [0.3, 0.4) is 0 Å². The highest BCUT2D eigenvalue weighted by Gasteiger charge is 2.34. The Balaban J connectivity index is 1.73. The second-order valence-electron chi connectivity index (χ2n) is 7.03. The van der Waals surface area contributed by atoms with Crippen molar-refractivity contribution in [2.75, 3.05) is 0 Å². The summed E-state index contributed by atoms with van der Waals surface area (Å²) in [5.41, 5.74) is 0. The van der Waals surface area contributed by atoms with Gasteiger partial charge in [-0.3, -0.25) is 0 Å². The molecule has 2 aliphatic carbocycles. The minimum Gasteiger partial charge on any atom is -0.392 e. The minimum absolute atomic E-state index is 0.210. The molecule has 1 aromatic heterocycles. The van der Waals surface area contributed by atoms with Crippen LogP contribution < -0.4 is 5.32 Å². The monoisotopic (exact) mass is 292 g/mol. The topological polar surface area (TPSA) is 63.0 Å². The fourth-order valence-electron chi connectivity index (χ4n) is 3.55. The van der Waals surface area contributed by atoms with Gasteiger partial charge in [-0.1, -0.05) is 6.42 Å². The number of hydrogen-bond donors (Lipinski definition) is 2. The summed E-state index contributed by atoms with van der Waals surface area (Å²) in [5, 5.41) is 18.5. The van der Waals surface area contributed by atoms with E-state index in [1.165, 1.54) is 19.3 Å². The largest absolute Gasteiger partial charge is 0.392 e. The van der Waals surface area contributed by atoms with Gasteiger partial charge < -0.3 is 10.4 Å². The molecule has 0 bridgehead atoms. The van der Waals surface area contributed by atoms with Gasteiger partial charge in [-0.15, -0.1) is 0 Å². The zero-order valence-electron chi connectivity index (χ0n) is 13.4. The Labute approximate surface area is 127 Å². The molecule has 3 rings (SSSR count). The summed E-state index contributed by atoms with van der Waals surface area (Å²) in [4.78, 5) is 4.67. The van der Waals surface area contributed by atoms with E-state index in [0.717, 1.165) is 30.9 Å². The third-order valence-electron chi connectivity index (χ3n) is 4.99. The first-order chi connectivity index (χ1) is 10.0. The lowest BCUT2D eigenvalue weighted by atomic mass is 9.81. The van der Waals surface area contributed by atoms with Crippen LogP contribution >= 0.6 is 0 Å². The molecule has 0 unspecified atom stereocenters. The first-order valence-electron chi connectivity index (χ1n) is 8.41. The van der Waals surface area contributed by atoms with E-state index in [0.29, 0.717) is 18.0 Å². The molecule has 0 aromatic carbocycles. The molecular weight excluding hydrogens is 264 g/mol. The first-order valence-corrected chi connectivity index (χ1v) is 8.41. The van der Waals surface area contributed by atoms with Crippen LogP contribution in [-0.2, 0) is 0 Å². The zero-order chi connectivity index (χ0) is 15.0. The van der Waals surface area contributed by atoms with Crippen LogP contribution in [0.1, 0.15) is 76.0 Å². The molecule has 1 aromatic rings. The average molecular weight is 292 g/mol. The molecular formula is C16H28N4O. The Morgan fingerprint density at radius 2 is 2.00 bits per heavy atom. The van der Waals surface area contributed by atoms with E-state index in [4.69, 9.17) is 0 Å². The lowest BCUT2D eigenvalue weighted by Crippen LogP contribution is -2.50. The molecule has 0 saturated heterocycles. The van der Waals surface area contributed by atoms with Gasteiger partial charge >= 0.3 is 0 Å². The standard InChI is InChI=1S/C16H28N4O/c1-10(2)20-16(17-11(3)19-20)12-7-8-15(21)14(9-12)18-13-5-4-6-13/h10,12-15,18,21H,4-9H2,1-3H3/t12-,14+,15+/m0/s1. The molecule has 2 saturated carbocycles. The van der Waals surface area contributed by atoms with Crippen molar-refractivity contribution >= 4 is 0 Å². The second kappa shape index (κ2) is 6.05. The number of aromatic nitrogens is 3. The fourth-order valence-corrected chi connectivity index (χ4v) is 3.55. The van der Waals surface area contributed by atoms with Crippen molar-refractivity contribution < 1.29 is 5.11 Å². The highest BCUT2D eigenvalue weighted by molar-refractivity contribution is 5.05. The molecule has 3 atom stereocenters. The van der Waals surface area contributed by atoms with Crippen LogP contribution in [0.15, 0.2) is 0 Å². The summed E-state index contributed by atoms with van der Waals surface area (Å²) >= 11 is 0. The third kappa shape index (κ3) is 3.14. The van der Waals surface area contributed by atoms with E-state index in [1.807, 2.05) is 6.92 Å². The lowest BCUT2D eigenvalue weighted by molar-refractivity contribution is 0.0686. The summed E-state index contributed by atoms with van der Waals surface area (Å²) in [6.07, 6.45) is 6.48. The number of aliphatic hydroxyl groups is 1. The van der Waals surface area contributed by atoms with E-state index in [2.05, 4.69) is 33.9 Å². The Bertz CT molecular complexity index is 481. The van der Waals surface area contributed by atoms with Crippen molar-refractivity contribution in [1.29, 1.82) is 0 Å². The third-order valence-corrected chi connectivity index (χ3v) is 4.99. The van der Waals surface area contributed by atoms with Crippen LogP contribution in [-0.4, -0.2) is 38.1 Å². The van der Waals surface area contributed by atoms with Crippen LogP contribution in [0.2, 0.25) is 0 Å². The van der Waals surface area contributed by atoms with Gasteiger partial charge in [0.15, 0.2) is 0 Å². The Hall–Kier alpha value is -0.940. The molecule has 2 aliphatic rings. The number of aliphatic hydroxyl groups excluding tert-OH is 1. The quantitative estimate of drug-likeness (QED) is 0.894. The van der Waals surface area contributed by atoms with E-state index in [9.17, 15) is 5.11 Å². The predicted molar refractivity (Wildman–Crippen MR) is 82.3 cm³/mol. The van der Waals surface area contributed by atoms with Crippen LogP contribution in [0.4, 0.5) is 0 Å². The zero-order valence-corrected chi connectivity index (χ0v) is 13.4. The van der Waals surface area contributed by atoms with Gasteiger partial charge in [0.2, 0.25) is 0 Å². The van der Waals surface area contributed by atoms with Crippen molar-refractivity contribution in [3.05, 3.63) is 11.6 Å². The van der Waals surface area contributed by atoms with E-state index < -0.39 is 0 Å². The SMILES string of the molecule is Cc1nc([C@H]2CC[C@@H](O)[C@H](NC3CCC3)C2)n(C(C)C)n1. The predicted octanol–water partition coefficient (Wildman–Crippen LogP) is 2.31. The molecule has 2 N–H and O–H groups in total. The van der Waals surface area contributed by atoms with Gasteiger partial charge in [-0.05, 0) is 52.9 Å². The molecule has 0 amide bonds. The Kier molecular flexibility index (Phi) is 4.31. The maximum absolute atomic E-state index is 10.3. The molecule has 5 heteroatoms. The number of hydrogen-bond acceptors (Lipinski definition) is 4. The summed E-state index contributed by atoms with van der Waals surface area (Å²) in [7, 11) is 0. The molecule has 2 fully saturated rings. The molecule has 0 aliphatic heterocycles. The summed E-state index contributed by atoms with van der Waals surface area (Å²) in [6.45, 7) is 6.27. The van der Waals surface area contributed by atoms with Crippen molar-refractivity contribution in [3.8, 4) is 0 Å². The minimum atomic E-state index is -0.210. The highest BCUT2D eigenvalue weighted by atomic mass is 16.3. The molecule has 118 valence electrons. The molecule has 5 nitrogen and oxygen atoms in total. The van der Waals surface area contributed by atoms with Gasteiger partial charge in [0, 0.05) is 24.0 Å². The molecule has 0 spiro atoms. The summed E-state index contributed by atoms with van der Waals surface area (Å²) in [6, 6.07) is 1.17. The van der Waals surface area contributed by atoms with Gasteiger partial charge in [-0.25, -0.2) is 9.67 Å². The van der Waals surface area contributed by atoms with Crippen LogP contribution in [0.25, 0.3) is 0 Å². The number of nitrogens with zero attached hydrogens (tertiary/aromatic N) is 3. The van der Waals surface area contributed by atoms with Crippen molar-refractivity contribution in [3.63, 3.8) is 0 Å². The van der Waals surface area contributed by atoms with Crippen LogP contribution in [0, 0.1) is 6.92 Å². The van der Waals surface area contributed by atoms with Crippen LogP contribution in [0.5, 0.6) is 0 Å². The lowest BCUT2D eigenvalue weighted by Gasteiger charge is -2.38. The van der Waals surface area contributed by atoms with E-state index in [-0.39, 0.29) is 12.1 Å². The van der Waals surface area contributed by atoms with Crippen molar-refractivity contribution in [2.45, 2.75) is 89.4 Å². The smallest absolute Gasteiger partial charge is 0.147 e. The number of rotatable bonds is 4. The maximum Gasteiger partial charge on any atom is 0.147 e. The molecule has 1 heterocycles. The van der Waals surface area contributed by atoms with Crippen molar-refractivity contribution in [2.24, 2.45) is 0 Å². The highest BCUT2D eigenvalue weighted by Crippen LogP contribution is 2.34. The fraction of sp³-hybridized carbons (Fsp3) is 0.875. The van der Waals surface area contributed by atoms with Gasteiger partial charge in [0.1, 0.15) is 11.6 Å².